The van der Waals surface area contributed by atoms with Crippen LogP contribution in [-0.4, -0.2) is 20.7 Å². The van der Waals surface area contributed by atoms with Crippen molar-refractivity contribution in [2.24, 2.45) is 0 Å². The lowest BCUT2D eigenvalue weighted by molar-refractivity contribution is -0.116. The molecule has 3 aromatic rings. The summed E-state index contributed by atoms with van der Waals surface area (Å²) >= 11 is 11.4. The molecule has 0 aliphatic heterocycles. The summed E-state index contributed by atoms with van der Waals surface area (Å²) in [7, 11) is 0. The zero-order valence-corrected chi connectivity index (χ0v) is 15.4. The van der Waals surface area contributed by atoms with Crippen molar-refractivity contribution in [3.63, 3.8) is 0 Å². The maximum Gasteiger partial charge on any atom is 0.244 e. The Labute approximate surface area is 155 Å². The van der Waals surface area contributed by atoms with E-state index in [2.05, 4.69) is 15.5 Å². The fourth-order valence-corrected chi connectivity index (χ4v) is 2.86. The molecule has 2 N–H and O–H groups in total. The Morgan fingerprint density at radius 2 is 2.08 bits per heavy atom. The van der Waals surface area contributed by atoms with Crippen LogP contribution in [-0.2, 0) is 11.3 Å². The van der Waals surface area contributed by atoms with Crippen LogP contribution in [0.5, 0.6) is 0 Å². The second-order valence-electron chi connectivity index (χ2n) is 5.82. The van der Waals surface area contributed by atoms with Gasteiger partial charge in [0.15, 0.2) is 10.6 Å². The van der Waals surface area contributed by atoms with Gasteiger partial charge in [0.1, 0.15) is 6.54 Å². The first-order valence-corrected chi connectivity index (χ1v) is 8.51. The highest BCUT2D eigenvalue weighted by Crippen LogP contribution is 2.21. The molecule has 0 unspecified atom stereocenters. The second kappa shape index (κ2) is 7.21. The van der Waals surface area contributed by atoms with E-state index in [1.165, 1.54) is 0 Å². The number of halogens is 1. The SMILES string of the molecule is Cc1cccc(-c2n[nH]c(=S)n2CC(=O)Nc2ccc(C)c(Cl)c2)c1. The molecule has 25 heavy (non-hydrogen) atoms. The molecule has 0 aliphatic carbocycles. The highest BCUT2D eigenvalue weighted by atomic mass is 35.5. The van der Waals surface area contributed by atoms with Gasteiger partial charge in [-0.05, 0) is 49.8 Å². The fraction of sp³-hybridized carbons (Fsp3) is 0.167. The Bertz CT molecular complexity index is 993. The van der Waals surface area contributed by atoms with Gasteiger partial charge in [-0.2, -0.15) is 5.10 Å². The number of amides is 1. The summed E-state index contributed by atoms with van der Waals surface area (Å²) in [6.07, 6.45) is 0. The summed E-state index contributed by atoms with van der Waals surface area (Å²) in [4.78, 5) is 12.4. The van der Waals surface area contributed by atoms with Gasteiger partial charge < -0.3 is 5.32 Å². The van der Waals surface area contributed by atoms with Crippen molar-refractivity contribution >= 4 is 35.4 Å². The maximum absolute atomic E-state index is 12.4. The van der Waals surface area contributed by atoms with Crippen LogP contribution in [0.2, 0.25) is 5.02 Å². The van der Waals surface area contributed by atoms with Crippen LogP contribution in [0, 0.1) is 18.6 Å². The third-order valence-corrected chi connectivity index (χ3v) is 4.51. The van der Waals surface area contributed by atoms with Crippen molar-refractivity contribution in [2.75, 3.05) is 5.32 Å². The Balaban J connectivity index is 1.83. The Kier molecular flexibility index (Phi) is 5.01. The number of benzene rings is 2. The molecule has 0 aliphatic rings. The topological polar surface area (TPSA) is 62.7 Å². The number of nitrogens with zero attached hydrogens (tertiary/aromatic N) is 2. The van der Waals surface area contributed by atoms with E-state index in [4.69, 9.17) is 23.8 Å². The molecule has 0 bridgehead atoms. The highest BCUT2D eigenvalue weighted by Gasteiger charge is 2.13. The van der Waals surface area contributed by atoms with Gasteiger partial charge in [-0.1, -0.05) is 41.4 Å². The van der Waals surface area contributed by atoms with Crippen molar-refractivity contribution in [3.05, 3.63) is 63.4 Å². The minimum absolute atomic E-state index is 0.0596. The molecule has 2 aromatic carbocycles. The Hall–Kier alpha value is -2.44. The molecule has 128 valence electrons. The van der Waals surface area contributed by atoms with Gasteiger partial charge in [-0.15, -0.1) is 0 Å². The number of rotatable bonds is 4. The van der Waals surface area contributed by atoms with Crippen LogP contribution >= 0.6 is 23.8 Å². The minimum atomic E-state index is -0.202. The van der Waals surface area contributed by atoms with E-state index in [1.807, 2.05) is 50.2 Å². The molecule has 0 saturated heterocycles. The monoisotopic (exact) mass is 372 g/mol. The van der Waals surface area contributed by atoms with Gasteiger partial charge >= 0.3 is 0 Å². The minimum Gasteiger partial charge on any atom is -0.324 e. The summed E-state index contributed by atoms with van der Waals surface area (Å²) in [6.45, 7) is 3.97. The predicted molar refractivity (Wildman–Crippen MR) is 102 cm³/mol. The largest absolute Gasteiger partial charge is 0.324 e. The normalized spacial score (nSPS) is 10.7. The van der Waals surface area contributed by atoms with E-state index in [9.17, 15) is 4.79 Å². The van der Waals surface area contributed by atoms with Crippen LogP contribution in [0.4, 0.5) is 5.69 Å². The van der Waals surface area contributed by atoms with Crippen molar-refractivity contribution in [1.29, 1.82) is 0 Å². The molecular formula is C18H17ClN4OS. The Morgan fingerprint density at radius 1 is 1.28 bits per heavy atom. The van der Waals surface area contributed by atoms with E-state index in [-0.39, 0.29) is 12.5 Å². The molecule has 0 radical (unpaired) electrons. The molecule has 5 nitrogen and oxygen atoms in total. The van der Waals surface area contributed by atoms with Gasteiger partial charge in [0.25, 0.3) is 0 Å². The fourth-order valence-electron chi connectivity index (χ4n) is 2.48. The summed E-state index contributed by atoms with van der Waals surface area (Å²) in [6, 6.07) is 13.3. The van der Waals surface area contributed by atoms with Crippen LogP contribution < -0.4 is 5.32 Å². The molecule has 0 saturated carbocycles. The quantitative estimate of drug-likeness (QED) is 0.662. The first-order chi connectivity index (χ1) is 11.9. The van der Waals surface area contributed by atoms with Crippen molar-refractivity contribution in [2.45, 2.75) is 20.4 Å². The summed E-state index contributed by atoms with van der Waals surface area (Å²) in [5, 5.41) is 10.5. The van der Waals surface area contributed by atoms with Gasteiger partial charge in [-0.3, -0.25) is 14.5 Å². The number of H-pyrrole nitrogens is 1. The zero-order chi connectivity index (χ0) is 18.0. The van der Waals surface area contributed by atoms with Crippen LogP contribution in [0.3, 0.4) is 0 Å². The number of aryl methyl sites for hydroxylation is 2. The summed E-state index contributed by atoms with van der Waals surface area (Å²) < 4.78 is 2.07. The van der Waals surface area contributed by atoms with Crippen LogP contribution in [0.1, 0.15) is 11.1 Å². The Morgan fingerprint density at radius 3 is 2.80 bits per heavy atom. The summed E-state index contributed by atoms with van der Waals surface area (Å²) in [5.41, 5.74) is 3.61. The number of carbonyl (C=O) groups excluding carboxylic acids is 1. The average Bonchev–Trinajstić information content (AvgIpc) is 2.92. The standard InChI is InChI=1S/C18H17ClN4OS/c1-11-4-3-5-13(8-11)17-21-22-18(25)23(17)10-16(24)20-14-7-6-12(2)15(19)9-14/h3-9H,10H2,1-2H3,(H,20,24)(H,22,25). The number of aromatic nitrogens is 3. The zero-order valence-electron chi connectivity index (χ0n) is 13.8. The molecule has 0 fully saturated rings. The van der Waals surface area contributed by atoms with Crippen LogP contribution in [0.25, 0.3) is 11.4 Å². The second-order valence-corrected chi connectivity index (χ2v) is 6.61. The van der Waals surface area contributed by atoms with Gasteiger partial charge in [0.2, 0.25) is 5.91 Å². The number of carbonyl (C=O) groups is 1. The third kappa shape index (κ3) is 3.97. The van der Waals surface area contributed by atoms with Gasteiger partial charge in [0, 0.05) is 16.3 Å². The van der Waals surface area contributed by atoms with Crippen LogP contribution in [0.15, 0.2) is 42.5 Å². The molecule has 7 heteroatoms. The van der Waals surface area contributed by atoms with E-state index in [0.717, 1.165) is 16.7 Å². The molecule has 0 atom stereocenters. The number of nitrogens with one attached hydrogen (secondary N) is 2. The first kappa shape index (κ1) is 17.4. The van der Waals surface area contributed by atoms with E-state index in [0.29, 0.717) is 21.3 Å². The number of hydrogen-bond acceptors (Lipinski definition) is 3. The predicted octanol–water partition coefficient (Wildman–Crippen LogP) is 4.52. The summed E-state index contributed by atoms with van der Waals surface area (Å²) in [5.74, 6) is 0.428. The van der Waals surface area contributed by atoms with Gasteiger partial charge in [0.05, 0.1) is 0 Å². The van der Waals surface area contributed by atoms with Gasteiger partial charge in [-0.25, -0.2) is 0 Å². The third-order valence-electron chi connectivity index (χ3n) is 3.79. The lowest BCUT2D eigenvalue weighted by atomic mass is 10.1. The number of anilines is 1. The molecular weight excluding hydrogens is 356 g/mol. The molecule has 1 amide bonds. The molecule has 3 rings (SSSR count). The lowest BCUT2D eigenvalue weighted by Crippen LogP contribution is -2.19. The molecule has 0 spiro atoms. The molecule has 1 heterocycles. The average molecular weight is 373 g/mol. The smallest absolute Gasteiger partial charge is 0.244 e. The lowest BCUT2D eigenvalue weighted by Gasteiger charge is -2.09. The van der Waals surface area contributed by atoms with E-state index < -0.39 is 0 Å². The van der Waals surface area contributed by atoms with E-state index in [1.54, 1.807) is 10.6 Å². The highest BCUT2D eigenvalue weighted by molar-refractivity contribution is 7.71. The van der Waals surface area contributed by atoms with Crippen molar-refractivity contribution in [1.82, 2.24) is 14.8 Å². The van der Waals surface area contributed by atoms with Crippen molar-refractivity contribution < 1.29 is 4.79 Å². The number of hydrogen-bond donors (Lipinski definition) is 2. The van der Waals surface area contributed by atoms with E-state index >= 15 is 0 Å². The van der Waals surface area contributed by atoms with Crippen molar-refractivity contribution in [3.8, 4) is 11.4 Å². The maximum atomic E-state index is 12.4. The molecule has 1 aromatic heterocycles. The number of aromatic amines is 1. The first-order valence-electron chi connectivity index (χ1n) is 7.72.